The summed E-state index contributed by atoms with van der Waals surface area (Å²) in [6, 6.07) is 9.32. The van der Waals surface area contributed by atoms with Crippen LogP contribution in [-0.4, -0.2) is 50.0 Å². The molecule has 0 saturated heterocycles. The van der Waals surface area contributed by atoms with Gasteiger partial charge in [-0.1, -0.05) is 55.2 Å². The maximum absolute atomic E-state index is 13.8. The molecule has 2 aromatic rings. The third-order valence-electron chi connectivity index (χ3n) is 6.27. The summed E-state index contributed by atoms with van der Waals surface area (Å²) < 4.78 is 26.7. The Kier molecular flexibility index (Phi) is 10.6. The van der Waals surface area contributed by atoms with Crippen molar-refractivity contribution in [3.8, 4) is 0 Å². The lowest BCUT2D eigenvalue weighted by atomic mass is 10.1. The first kappa shape index (κ1) is 29.9. The molecular formula is C26H35Cl2N3O4S. The van der Waals surface area contributed by atoms with Gasteiger partial charge in [0.05, 0.1) is 11.9 Å². The van der Waals surface area contributed by atoms with Gasteiger partial charge in [-0.3, -0.25) is 13.9 Å². The lowest BCUT2D eigenvalue weighted by Gasteiger charge is -2.34. The van der Waals surface area contributed by atoms with E-state index in [0.29, 0.717) is 27.7 Å². The molecule has 2 amide bonds. The summed E-state index contributed by atoms with van der Waals surface area (Å²) in [4.78, 5) is 28.4. The second-order valence-electron chi connectivity index (χ2n) is 8.99. The molecule has 0 fully saturated rings. The number of benzene rings is 2. The normalized spacial score (nSPS) is 13.1. The molecule has 1 N–H and O–H groups in total. The molecule has 0 spiro atoms. The van der Waals surface area contributed by atoms with Crippen LogP contribution in [-0.2, 0) is 26.2 Å². The van der Waals surface area contributed by atoms with Crippen molar-refractivity contribution in [1.29, 1.82) is 0 Å². The standard InChI is InChI=1S/C26H35Cl2N3O4S/c1-7-18(4)29-26(33)23(8-2)30(15-20-12-13-21(27)14-22(20)28)25(32)16-31(36(6,34)35)24-11-9-10-17(3)19(24)5/h9-14,18,23H,7-8,15-16H2,1-6H3,(H,29,33). The number of nitrogens with one attached hydrogen (secondary N) is 1. The molecule has 198 valence electrons. The molecule has 0 aliphatic heterocycles. The van der Waals surface area contributed by atoms with Crippen LogP contribution in [0.2, 0.25) is 10.0 Å². The Morgan fingerprint density at radius 3 is 2.28 bits per heavy atom. The van der Waals surface area contributed by atoms with Crippen molar-refractivity contribution in [2.24, 2.45) is 0 Å². The van der Waals surface area contributed by atoms with E-state index in [4.69, 9.17) is 23.2 Å². The van der Waals surface area contributed by atoms with Crippen LogP contribution >= 0.6 is 23.2 Å². The van der Waals surface area contributed by atoms with Crippen molar-refractivity contribution in [1.82, 2.24) is 10.2 Å². The molecule has 2 atom stereocenters. The molecule has 0 radical (unpaired) electrons. The quantitative estimate of drug-likeness (QED) is 0.418. The number of hydrogen-bond donors (Lipinski definition) is 1. The molecule has 2 rings (SSSR count). The van der Waals surface area contributed by atoms with Crippen molar-refractivity contribution < 1.29 is 18.0 Å². The monoisotopic (exact) mass is 555 g/mol. The van der Waals surface area contributed by atoms with E-state index in [1.165, 1.54) is 4.90 Å². The van der Waals surface area contributed by atoms with E-state index in [1.807, 2.05) is 40.7 Å². The summed E-state index contributed by atoms with van der Waals surface area (Å²) in [5.41, 5.74) is 2.68. The Morgan fingerprint density at radius 1 is 1.06 bits per heavy atom. The number of hydrogen-bond acceptors (Lipinski definition) is 4. The van der Waals surface area contributed by atoms with Crippen molar-refractivity contribution >= 4 is 50.7 Å². The molecule has 0 heterocycles. The van der Waals surface area contributed by atoms with E-state index in [0.717, 1.165) is 28.1 Å². The van der Waals surface area contributed by atoms with Crippen LogP contribution in [0.4, 0.5) is 5.69 Å². The molecule has 0 bridgehead atoms. The van der Waals surface area contributed by atoms with Crippen molar-refractivity contribution in [2.45, 2.75) is 66.1 Å². The van der Waals surface area contributed by atoms with Gasteiger partial charge in [-0.2, -0.15) is 0 Å². The average Bonchev–Trinajstić information content (AvgIpc) is 2.79. The van der Waals surface area contributed by atoms with E-state index in [9.17, 15) is 18.0 Å². The summed E-state index contributed by atoms with van der Waals surface area (Å²) >= 11 is 12.4. The van der Waals surface area contributed by atoms with E-state index in [-0.39, 0.29) is 18.5 Å². The van der Waals surface area contributed by atoms with Gasteiger partial charge >= 0.3 is 0 Å². The fourth-order valence-electron chi connectivity index (χ4n) is 3.79. The molecule has 7 nitrogen and oxygen atoms in total. The zero-order chi connectivity index (χ0) is 27.2. The van der Waals surface area contributed by atoms with Gasteiger partial charge in [0.1, 0.15) is 12.6 Å². The summed E-state index contributed by atoms with van der Waals surface area (Å²) in [5, 5.41) is 3.74. The van der Waals surface area contributed by atoms with Crippen LogP contribution < -0.4 is 9.62 Å². The number of sulfonamides is 1. The molecule has 36 heavy (non-hydrogen) atoms. The molecule has 0 aliphatic rings. The van der Waals surface area contributed by atoms with Crippen LogP contribution in [0.15, 0.2) is 36.4 Å². The van der Waals surface area contributed by atoms with Crippen LogP contribution in [0.3, 0.4) is 0 Å². The molecular weight excluding hydrogens is 521 g/mol. The first-order valence-electron chi connectivity index (χ1n) is 11.9. The molecule has 0 aromatic heterocycles. The number of carbonyl (C=O) groups is 2. The Labute approximate surface area is 224 Å². The van der Waals surface area contributed by atoms with Gasteiger partial charge in [0.15, 0.2) is 0 Å². The number of carbonyl (C=O) groups excluding carboxylic acids is 2. The maximum atomic E-state index is 13.8. The number of anilines is 1. The van der Waals surface area contributed by atoms with Crippen LogP contribution in [0.5, 0.6) is 0 Å². The zero-order valence-electron chi connectivity index (χ0n) is 21.6. The van der Waals surface area contributed by atoms with Gasteiger partial charge in [0.2, 0.25) is 21.8 Å². The first-order valence-corrected chi connectivity index (χ1v) is 14.5. The Balaban J connectivity index is 2.52. The maximum Gasteiger partial charge on any atom is 0.244 e. The predicted octanol–water partition coefficient (Wildman–Crippen LogP) is 5.10. The minimum atomic E-state index is -3.81. The number of rotatable bonds is 11. The summed E-state index contributed by atoms with van der Waals surface area (Å²) in [6.45, 7) is 8.90. The molecule has 10 heteroatoms. The molecule has 2 aromatic carbocycles. The van der Waals surface area contributed by atoms with Crippen molar-refractivity contribution in [3.63, 3.8) is 0 Å². The highest BCUT2D eigenvalue weighted by atomic mass is 35.5. The second kappa shape index (κ2) is 12.8. The molecule has 2 unspecified atom stereocenters. The smallest absolute Gasteiger partial charge is 0.244 e. The highest BCUT2D eigenvalue weighted by Crippen LogP contribution is 2.27. The summed E-state index contributed by atoms with van der Waals surface area (Å²) in [7, 11) is -3.81. The van der Waals surface area contributed by atoms with E-state index < -0.39 is 28.5 Å². The number of halogens is 2. The number of nitrogens with zero attached hydrogens (tertiary/aromatic N) is 2. The van der Waals surface area contributed by atoms with E-state index in [2.05, 4.69) is 5.32 Å². The molecule has 0 saturated carbocycles. The zero-order valence-corrected chi connectivity index (χ0v) is 24.0. The number of amides is 2. The van der Waals surface area contributed by atoms with Crippen LogP contribution in [0, 0.1) is 13.8 Å². The van der Waals surface area contributed by atoms with Crippen molar-refractivity contribution in [2.75, 3.05) is 17.1 Å². The fourth-order valence-corrected chi connectivity index (χ4v) is 5.16. The SMILES string of the molecule is CCC(C)NC(=O)C(CC)N(Cc1ccc(Cl)cc1Cl)C(=O)CN(c1cccc(C)c1C)S(C)(=O)=O. The van der Waals surface area contributed by atoms with Gasteiger partial charge < -0.3 is 10.2 Å². The first-order chi connectivity index (χ1) is 16.8. The second-order valence-corrected chi connectivity index (χ2v) is 11.7. The average molecular weight is 557 g/mol. The minimum absolute atomic E-state index is 0.0195. The summed E-state index contributed by atoms with van der Waals surface area (Å²) in [5.74, 6) is -0.818. The third-order valence-corrected chi connectivity index (χ3v) is 7.98. The van der Waals surface area contributed by atoms with E-state index in [1.54, 1.807) is 30.3 Å². The lowest BCUT2D eigenvalue weighted by molar-refractivity contribution is -0.140. The van der Waals surface area contributed by atoms with Crippen LogP contribution in [0.25, 0.3) is 0 Å². The van der Waals surface area contributed by atoms with Crippen molar-refractivity contribution in [3.05, 3.63) is 63.1 Å². The largest absolute Gasteiger partial charge is 0.352 e. The third kappa shape index (κ3) is 7.60. The van der Waals surface area contributed by atoms with Gasteiger partial charge in [-0.25, -0.2) is 8.42 Å². The predicted molar refractivity (Wildman–Crippen MR) is 147 cm³/mol. The van der Waals surface area contributed by atoms with Gasteiger partial charge in [-0.05, 0) is 68.5 Å². The lowest BCUT2D eigenvalue weighted by Crippen LogP contribution is -2.53. The Hall–Kier alpha value is -2.29. The van der Waals surface area contributed by atoms with Gasteiger partial charge in [-0.15, -0.1) is 0 Å². The summed E-state index contributed by atoms with van der Waals surface area (Å²) in [6.07, 6.45) is 2.13. The van der Waals surface area contributed by atoms with Crippen LogP contribution in [0.1, 0.15) is 50.3 Å². The fraction of sp³-hybridized carbons (Fsp3) is 0.462. The highest BCUT2D eigenvalue weighted by Gasteiger charge is 2.33. The number of aryl methyl sites for hydroxylation is 1. The topological polar surface area (TPSA) is 86.8 Å². The van der Waals surface area contributed by atoms with Gasteiger partial charge in [0.25, 0.3) is 0 Å². The minimum Gasteiger partial charge on any atom is -0.352 e. The van der Waals surface area contributed by atoms with Gasteiger partial charge in [0, 0.05) is 22.6 Å². The highest BCUT2D eigenvalue weighted by molar-refractivity contribution is 7.92. The Bertz CT molecular complexity index is 1200. The van der Waals surface area contributed by atoms with E-state index >= 15 is 0 Å². The molecule has 0 aliphatic carbocycles. The Morgan fingerprint density at radius 2 is 1.72 bits per heavy atom.